The molecule has 17 heavy (non-hydrogen) atoms. The zero-order valence-electron chi connectivity index (χ0n) is 8.96. The molecule has 1 aromatic heterocycles. The van der Waals surface area contributed by atoms with Crippen molar-refractivity contribution in [3.8, 4) is 0 Å². The van der Waals surface area contributed by atoms with Gasteiger partial charge in [0, 0.05) is 24.9 Å². The lowest BCUT2D eigenvalue weighted by Crippen LogP contribution is -2.47. The lowest BCUT2D eigenvalue weighted by atomic mass is 10.1. The van der Waals surface area contributed by atoms with E-state index in [9.17, 15) is 9.59 Å². The summed E-state index contributed by atoms with van der Waals surface area (Å²) >= 11 is 0. The first kappa shape index (κ1) is 13.1. The van der Waals surface area contributed by atoms with E-state index in [4.69, 9.17) is 15.9 Å². The van der Waals surface area contributed by atoms with Crippen molar-refractivity contribution in [3.05, 3.63) is 18.2 Å². The zero-order chi connectivity index (χ0) is 12.8. The fourth-order valence-corrected chi connectivity index (χ4v) is 1.22. The van der Waals surface area contributed by atoms with E-state index in [2.05, 4.69) is 15.3 Å². The Labute approximate surface area is 96.9 Å². The normalized spacial score (nSPS) is 14.2. The Morgan fingerprint density at radius 1 is 1.47 bits per heavy atom. The average Bonchev–Trinajstić information content (AvgIpc) is 2.75. The fourth-order valence-electron chi connectivity index (χ4n) is 1.22. The van der Waals surface area contributed by atoms with Crippen molar-refractivity contribution >= 4 is 11.9 Å². The second kappa shape index (κ2) is 5.97. The monoisotopic (exact) mass is 242 g/mol. The highest BCUT2D eigenvalue weighted by Crippen LogP contribution is 1.98. The summed E-state index contributed by atoms with van der Waals surface area (Å²) in [5, 5.41) is 20.1. The van der Waals surface area contributed by atoms with Gasteiger partial charge in [-0.05, 0) is 0 Å². The Hall–Kier alpha value is -1.93. The third kappa shape index (κ3) is 4.21. The third-order valence-electron chi connectivity index (χ3n) is 2.18. The Morgan fingerprint density at radius 2 is 2.18 bits per heavy atom. The minimum Gasteiger partial charge on any atom is -0.480 e. The van der Waals surface area contributed by atoms with E-state index < -0.39 is 24.0 Å². The van der Waals surface area contributed by atoms with Gasteiger partial charge in [-0.3, -0.25) is 9.59 Å². The number of imidazole rings is 1. The van der Waals surface area contributed by atoms with Crippen LogP contribution in [0.2, 0.25) is 0 Å². The summed E-state index contributed by atoms with van der Waals surface area (Å²) < 4.78 is 0. The summed E-state index contributed by atoms with van der Waals surface area (Å²) in [6, 6.07) is -2.03. The number of aromatic amines is 1. The highest BCUT2D eigenvalue weighted by atomic mass is 16.4. The molecule has 1 unspecified atom stereocenters. The molecule has 0 aliphatic rings. The van der Waals surface area contributed by atoms with E-state index in [0.29, 0.717) is 5.69 Å². The Balaban J connectivity index is 2.49. The first-order valence-corrected chi connectivity index (χ1v) is 4.92. The van der Waals surface area contributed by atoms with Crippen LogP contribution in [0.1, 0.15) is 5.69 Å². The largest absolute Gasteiger partial charge is 0.480 e. The van der Waals surface area contributed by atoms with Crippen molar-refractivity contribution in [2.24, 2.45) is 5.73 Å². The van der Waals surface area contributed by atoms with Crippen LogP contribution in [0.25, 0.3) is 0 Å². The van der Waals surface area contributed by atoms with Crippen LogP contribution in [0.4, 0.5) is 0 Å². The maximum atomic E-state index is 10.9. The zero-order valence-corrected chi connectivity index (χ0v) is 8.96. The lowest BCUT2D eigenvalue weighted by molar-refractivity contribution is -0.141. The smallest absolute Gasteiger partial charge is 0.321 e. The molecule has 1 rings (SSSR count). The number of aliphatic carboxylic acids is 2. The van der Waals surface area contributed by atoms with E-state index in [1.165, 1.54) is 12.5 Å². The first-order chi connectivity index (χ1) is 8.00. The standard InChI is InChI=1S/C9H14N4O4/c10-6(8(14)15)3-12-7(9(16)17)1-5-2-11-4-13-5/h2,4,6-7,12H,1,3,10H2,(H,11,13)(H,14,15)(H,16,17)/t6?,7-/m0/s1. The number of nitrogens with one attached hydrogen (secondary N) is 2. The molecular formula is C9H14N4O4. The highest BCUT2D eigenvalue weighted by Gasteiger charge is 2.20. The molecule has 0 bridgehead atoms. The van der Waals surface area contributed by atoms with Crippen LogP contribution in [-0.2, 0) is 16.0 Å². The number of hydrogen-bond acceptors (Lipinski definition) is 5. The van der Waals surface area contributed by atoms with Gasteiger partial charge in [-0.15, -0.1) is 0 Å². The van der Waals surface area contributed by atoms with Crippen LogP contribution in [0, 0.1) is 0 Å². The van der Waals surface area contributed by atoms with Crippen LogP contribution in [0.15, 0.2) is 12.5 Å². The number of carboxylic acid groups (broad SMARTS) is 2. The summed E-state index contributed by atoms with van der Waals surface area (Å²) in [7, 11) is 0. The van der Waals surface area contributed by atoms with Gasteiger partial charge in [0.2, 0.25) is 0 Å². The molecule has 0 saturated heterocycles. The van der Waals surface area contributed by atoms with Gasteiger partial charge >= 0.3 is 11.9 Å². The Kier molecular flexibility index (Phi) is 4.61. The van der Waals surface area contributed by atoms with Crippen LogP contribution in [-0.4, -0.2) is 50.7 Å². The van der Waals surface area contributed by atoms with Crippen molar-refractivity contribution in [2.45, 2.75) is 18.5 Å². The topological polar surface area (TPSA) is 141 Å². The van der Waals surface area contributed by atoms with E-state index in [1.54, 1.807) is 0 Å². The van der Waals surface area contributed by atoms with Gasteiger partial charge in [-0.25, -0.2) is 4.98 Å². The number of carbonyl (C=O) groups is 2. The lowest BCUT2D eigenvalue weighted by Gasteiger charge is -2.15. The number of aromatic nitrogens is 2. The predicted molar refractivity (Wildman–Crippen MR) is 57.3 cm³/mol. The second-order valence-corrected chi connectivity index (χ2v) is 3.52. The summed E-state index contributed by atoms with van der Waals surface area (Å²) in [4.78, 5) is 27.9. The number of nitrogens with zero attached hydrogens (tertiary/aromatic N) is 1. The van der Waals surface area contributed by atoms with Crippen LogP contribution in [0.5, 0.6) is 0 Å². The Bertz CT molecular complexity index is 378. The number of nitrogens with two attached hydrogens (primary N) is 1. The molecule has 1 heterocycles. The van der Waals surface area contributed by atoms with Crippen molar-refractivity contribution in [2.75, 3.05) is 6.54 Å². The van der Waals surface area contributed by atoms with Gasteiger partial charge in [0.25, 0.3) is 0 Å². The van der Waals surface area contributed by atoms with Crippen molar-refractivity contribution in [1.29, 1.82) is 0 Å². The summed E-state index contributed by atoms with van der Waals surface area (Å²) in [6.45, 7) is -0.111. The molecule has 0 aliphatic carbocycles. The quantitative estimate of drug-likeness (QED) is 0.388. The molecule has 8 heteroatoms. The van der Waals surface area contributed by atoms with Crippen molar-refractivity contribution in [3.63, 3.8) is 0 Å². The molecule has 8 nitrogen and oxygen atoms in total. The molecule has 94 valence electrons. The van der Waals surface area contributed by atoms with Crippen LogP contribution < -0.4 is 11.1 Å². The predicted octanol–water partition coefficient (Wildman–Crippen LogP) is -1.59. The summed E-state index contributed by atoms with van der Waals surface area (Å²) in [5.41, 5.74) is 5.91. The van der Waals surface area contributed by atoms with Gasteiger partial charge in [0.05, 0.1) is 6.33 Å². The van der Waals surface area contributed by atoms with Crippen molar-refractivity contribution in [1.82, 2.24) is 15.3 Å². The molecule has 1 aromatic rings. The third-order valence-corrected chi connectivity index (χ3v) is 2.18. The minimum absolute atomic E-state index is 0.111. The molecule has 0 aromatic carbocycles. The molecule has 0 fully saturated rings. The number of carboxylic acids is 2. The van der Waals surface area contributed by atoms with Crippen LogP contribution in [0.3, 0.4) is 0 Å². The van der Waals surface area contributed by atoms with E-state index in [-0.39, 0.29) is 13.0 Å². The molecule has 0 saturated carbocycles. The van der Waals surface area contributed by atoms with E-state index in [0.717, 1.165) is 0 Å². The maximum absolute atomic E-state index is 10.9. The minimum atomic E-state index is -1.18. The van der Waals surface area contributed by atoms with Crippen molar-refractivity contribution < 1.29 is 19.8 Å². The SMILES string of the molecule is NC(CN[C@@H](Cc1cnc[nH]1)C(=O)O)C(=O)O. The van der Waals surface area contributed by atoms with E-state index >= 15 is 0 Å². The molecule has 6 N–H and O–H groups in total. The van der Waals surface area contributed by atoms with Gasteiger partial charge in [-0.2, -0.15) is 0 Å². The molecule has 0 spiro atoms. The number of hydrogen-bond donors (Lipinski definition) is 5. The van der Waals surface area contributed by atoms with Crippen LogP contribution >= 0.6 is 0 Å². The number of rotatable bonds is 7. The van der Waals surface area contributed by atoms with Gasteiger partial charge < -0.3 is 26.2 Å². The molecule has 0 amide bonds. The fraction of sp³-hybridized carbons (Fsp3) is 0.444. The van der Waals surface area contributed by atoms with Gasteiger partial charge in [0.1, 0.15) is 12.1 Å². The number of H-pyrrole nitrogens is 1. The van der Waals surface area contributed by atoms with Gasteiger partial charge in [0.15, 0.2) is 0 Å². The second-order valence-electron chi connectivity index (χ2n) is 3.52. The first-order valence-electron chi connectivity index (χ1n) is 4.92. The summed E-state index contributed by atoms with van der Waals surface area (Å²) in [5.74, 6) is -2.25. The van der Waals surface area contributed by atoms with Gasteiger partial charge in [-0.1, -0.05) is 0 Å². The molecular weight excluding hydrogens is 228 g/mol. The average molecular weight is 242 g/mol. The molecule has 0 radical (unpaired) electrons. The van der Waals surface area contributed by atoms with E-state index in [1.807, 2.05) is 0 Å². The summed E-state index contributed by atoms with van der Waals surface area (Å²) in [6.07, 6.45) is 3.13. The molecule has 0 aliphatic heterocycles. The highest BCUT2D eigenvalue weighted by molar-refractivity contribution is 5.75. The maximum Gasteiger partial charge on any atom is 0.321 e. The molecule has 2 atom stereocenters. The Morgan fingerprint density at radius 3 is 2.65 bits per heavy atom.